The van der Waals surface area contributed by atoms with Crippen LogP contribution in [0.15, 0.2) is 179 Å². The molecule has 0 fully saturated rings. The quantitative estimate of drug-likeness (QED) is 0.188. The lowest BCUT2D eigenvalue weighted by Gasteiger charge is -2.11. The van der Waals surface area contributed by atoms with E-state index in [-0.39, 0.29) is 0 Å². The smallest absolute Gasteiger partial charge is 0.180 e. The molecule has 0 amide bonds. The van der Waals surface area contributed by atoms with E-state index in [1.54, 1.807) is 6.33 Å². The Morgan fingerprint density at radius 1 is 0.340 bits per heavy atom. The van der Waals surface area contributed by atoms with E-state index in [1.807, 2.05) is 24.3 Å². The molecule has 4 heteroatoms. The van der Waals surface area contributed by atoms with Gasteiger partial charge in [-0.05, 0) is 81.4 Å². The highest BCUT2D eigenvalue weighted by atomic mass is 16.3. The van der Waals surface area contributed by atoms with Crippen molar-refractivity contribution in [1.29, 1.82) is 0 Å². The molecule has 3 aromatic heterocycles. The molecular weight excluding hydrogens is 613 g/mol. The summed E-state index contributed by atoms with van der Waals surface area (Å²) < 4.78 is 12.9. The molecule has 10 rings (SSSR count). The van der Waals surface area contributed by atoms with E-state index in [9.17, 15) is 0 Å². The molecule has 7 aromatic carbocycles. The van der Waals surface area contributed by atoms with Gasteiger partial charge in [0.15, 0.2) is 5.58 Å². The minimum absolute atomic E-state index is 0.668. The van der Waals surface area contributed by atoms with E-state index in [1.165, 1.54) is 22.3 Å². The summed E-state index contributed by atoms with van der Waals surface area (Å²) in [6.07, 6.45) is 1.63. The Balaban J connectivity index is 1.09. The van der Waals surface area contributed by atoms with E-state index in [0.717, 1.165) is 71.9 Å². The maximum absolute atomic E-state index is 6.53. The van der Waals surface area contributed by atoms with Gasteiger partial charge in [0.05, 0.1) is 0 Å². The van der Waals surface area contributed by atoms with Crippen molar-refractivity contribution in [3.8, 4) is 55.8 Å². The van der Waals surface area contributed by atoms with Crippen molar-refractivity contribution in [2.75, 3.05) is 0 Å². The molecule has 4 nitrogen and oxygen atoms in total. The van der Waals surface area contributed by atoms with Crippen LogP contribution in [0, 0.1) is 0 Å². The lowest BCUT2D eigenvalue weighted by Crippen LogP contribution is -1.88. The van der Waals surface area contributed by atoms with E-state index >= 15 is 0 Å². The molecule has 50 heavy (non-hydrogen) atoms. The van der Waals surface area contributed by atoms with Crippen LogP contribution in [-0.4, -0.2) is 9.97 Å². The number of hydrogen-bond acceptors (Lipinski definition) is 4. The number of fused-ring (bicyclic) bond motifs is 6. The molecule has 0 aliphatic rings. The van der Waals surface area contributed by atoms with Crippen LogP contribution >= 0.6 is 0 Å². The minimum Gasteiger partial charge on any atom is -0.455 e. The Kier molecular flexibility index (Phi) is 6.46. The maximum atomic E-state index is 6.53. The summed E-state index contributed by atoms with van der Waals surface area (Å²) in [4.78, 5) is 9.49. The Bertz CT molecular complexity index is 2810. The number of rotatable bonds is 5. The summed E-state index contributed by atoms with van der Waals surface area (Å²) in [7, 11) is 0. The second-order valence-electron chi connectivity index (χ2n) is 12.6. The van der Waals surface area contributed by atoms with Crippen LogP contribution in [0.2, 0.25) is 0 Å². The van der Waals surface area contributed by atoms with Crippen molar-refractivity contribution in [2.45, 2.75) is 0 Å². The summed E-state index contributed by atoms with van der Waals surface area (Å²) >= 11 is 0. The number of para-hydroxylation sites is 2. The molecule has 0 aliphatic heterocycles. The minimum atomic E-state index is 0.668. The fourth-order valence-electron chi connectivity index (χ4n) is 7.16. The van der Waals surface area contributed by atoms with Gasteiger partial charge in [-0.3, -0.25) is 0 Å². The predicted octanol–water partition coefficient (Wildman–Crippen LogP) is 12.6. The highest BCUT2D eigenvalue weighted by Crippen LogP contribution is 2.40. The van der Waals surface area contributed by atoms with Gasteiger partial charge in [0, 0.05) is 27.3 Å². The van der Waals surface area contributed by atoms with Crippen molar-refractivity contribution in [3.05, 3.63) is 170 Å². The largest absolute Gasteiger partial charge is 0.455 e. The van der Waals surface area contributed by atoms with Gasteiger partial charge in [-0.15, -0.1) is 0 Å². The molecule has 3 heterocycles. The number of benzene rings is 7. The lowest BCUT2D eigenvalue weighted by molar-refractivity contribution is 0.667. The zero-order chi connectivity index (χ0) is 33.0. The summed E-state index contributed by atoms with van der Waals surface area (Å²) in [5, 5.41) is 3.17. The first-order valence-electron chi connectivity index (χ1n) is 16.7. The highest BCUT2D eigenvalue weighted by Gasteiger charge is 2.18. The Morgan fingerprint density at radius 2 is 0.920 bits per heavy atom. The fourth-order valence-corrected chi connectivity index (χ4v) is 7.16. The van der Waals surface area contributed by atoms with E-state index in [2.05, 4.69) is 140 Å². The third-order valence-corrected chi connectivity index (χ3v) is 9.58. The van der Waals surface area contributed by atoms with Crippen LogP contribution in [0.25, 0.3) is 99.8 Å². The van der Waals surface area contributed by atoms with E-state index in [0.29, 0.717) is 5.58 Å². The molecule has 0 spiro atoms. The van der Waals surface area contributed by atoms with Crippen molar-refractivity contribution in [3.63, 3.8) is 0 Å². The lowest BCUT2D eigenvalue weighted by atomic mass is 9.93. The average molecular weight is 641 g/mol. The number of aromatic nitrogens is 2. The fraction of sp³-hybridized carbons (Fsp3) is 0. The molecule has 0 saturated carbocycles. The molecule has 0 aliphatic carbocycles. The second-order valence-corrected chi connectivity index (χ2v) is 12.6. The second kappa shape index (κ2) is 11.4. The van der Waals surface area contributed by atoms with Crippen molar-refractivity contribution in [1.82, 2.24) is 9.97 Å². The first-order chi connectivity index (χ1) is 24.8. The van der Waals surface area contributed by atoms with Crippen molar-refractivity contribution in [2.24, 2.45) is 0 Å². The molecule has 10 aromatic rings. The first kappa shape index (κ1) is 28.3. The van der Waals surface area contributed by atoms with Crippen molar-refractivity contribution >= 4 is 44.0 Å². The van der Waals surface area contributed by atoms with Gasteiger partial charge < -0.3 is 8.83 Å². The molecule has 0 N–H and O–H groups in total. The standard InChI is InChI=1S/C46H28N2O2/c1-3-11-29(12-4-1)34-24-35(30-13-5-2-6-14-30)26-36(25-34)31-21-22-42-40(27-31)44-46(50-42)43(47-28-48-44)33-16-9-15-32(23-33)37-18-10-19-39-38-17-7-8-20-41(38)49-45(37)39/h1-28H. The van der Waals surface area contributed by atoms with Crippen LogP contribution in [0.3, 0.4) is 0 Å². The van der Waals surface area contributed by atoms with Crippen LogP contribution in [-0.2, 0) is 0 Å². The van der Waals surface area contributed by atoms with Gasteiger partial charge in [0.1, 0.15) is 34.3 Å². The summed E-state index contributed by atoms with van der Waals surface area (Å²) in [5.74, 6) is 0. The third kappa shape index (κ3) is 4.69. The molecule has 0 atom stereocenters. The van der Waals surface area contributed by atoms with Crippen molar-refractivity contribution < 1.29 is 8.83 Å². The monoisotopic (exact) mass is 640 g/mol. The van der Waals surface area contributed by atoms with E-state index in [4.69, 9.17) is 18.8 Å². The van der Waals surface area contributed by atoms with Crippen LogP contribution in [0.5, 0.6) is 0 Å². The van der Waals surface area contributed by atoms with Gasteiger partial charge in [0.25, 0.3) is 0 Å². The molecule has 0 bridgehead atoms. The van der Waals surface area contributed by atoms with Gasteiger partial charge >= 0.3 is 0 Å². The molecular formula is C46H28N2O2. The predicted molar refractivity (Wildman–Crippen MR) is 204 cm³/mol. The molecule has 0 radical (unpaired) electrons. The van der Waals surface area contributed by atoms with Crippen LogP contribution < -0.4 is 0 Å². The Labute approximate surface area is 287 Å². The molecule has 0 saturated heterocycles. The number of nitrogens with zero attached hydrogens (tertiary/aromatic N) is 2. The van der Waals surface area contributed by atoms with Gasteiger partial charge in [-0.25, -0.2) is 9.97 Å². The summed E-state index contributed by atoms with van der Waals surface area (Å²) in [6.45, 7) is 0. The Morgan fingerprint density at radius 3 is 1.70 bits per heavy atom. The normalized spacial score (nSPS) is 11.6. The Hall–Kier alpha value is -6.78. The first-order valence-corrected chi connectivity index (χ1v) is 16.7. The van der Waals surface area contributed by atoms with Gasteiger partial charge in [0.2, 0.25) is 0 Å². The maximum Gasteiger partial charge on any atom is 0.180 e. The molecule has 234 valence electrons. The van der Waals surface area contributed by atoms with Crippen LogP contribution in [0.4, 0.5) is 0 Å². The summed E-state index contributed by atoms with van der Waals surface area (Å²) in [6, 6.07) is 57.1. The summed E-state index contributed by atoms with van der Waals surface area (Å²) in [5.41, 5.74) is 14.7. The van der Waals surface area contributed by atoms with Gasteiger partial charge in [-0.1, -0.05) is 121 Å². The SMILES string of the molecule is c1ccc(-c2cc(-c3ccccc3)cc(-c3ccc4oc5c(-c6cccc(-c7cccc8c7oc7ccccc78)c6)ncnc5c4c3)c2)cc1. The zero-order valence-corrected chi connectivity index (χ0v) is 26.9. The average Bonchev–Trinajstić information content (AvgIpc) is 3.77. The zero-order valence-electron chi connectivity index (χ0n) is 26.9. The van der Waals surface area contributed by atoms with Gasteiger partial charge in [-0.2, -0.15) is 0 Å². The number of furan rings is 2. The topological polar surface area (TPSA) is 52.1 Å². The van der Waals surface area contributed by atoms with Crippen LogP contribution in [0.1, 0.15) is 0 Å². The number of hydrogen-bond donors (Lipinski definition) is 0. The highest BCUT2D eigenvalue weighted by molar-refractivity contribution is 6.10. The van der Waals surface area contributed by atoms with E-state index < -0.39 is 0 Å². The third-order valence-electron chi connectivity index (χ3n) is 9.58. The molecule has 0 unspecified atom stereocenters.